The molecular formula is C17H26N2O. The number of nitrogens with two attached hydrogens (primary N) is 1. The van der Waals surface area contributed by atoms with Crippen molar-refractivity contribution in [3.05, 3.63) is 35.4 Å². The summed E-state index contributed by atoms with van der Waals surface area (Å²) in [7, 11) is 0. The number of benzene rings is 1. The molecule has 0 aliphatic heterocycles. The molecule has 20 heavy (non-hydrogen) atoms. The Balaban J connectivity index is 1.81. The lowest BCUT2D eigenvalue weighted by Gasteiger charge is -2.30. The molecule has 0 radical (unpaired) electrons. The van der Waals surface area contributed by atoms with Crippen molar-refractivity contribution in [1.29, 1.82) is 0 Å². The van der Waals surface area contributed by atoms with E-state index in [4.69, 9.17) is 5.73 Å². The summed E-state index contributed by atoms with van der Waals surface area (Å²) in [6, 6.07) is 8.07. The van der Waals surface area contributed by atoms with E-state index in [9.17, 15) is 4.79 Å². The minimum absolute atomic E-state index is 0.126. The Bertz CT molecular complexity index is 444. The summed E-state index contributed by atoms with van der Waals surface area (Å²) in [4.78, 5) is 12.1. The van der Waals surface area contributed by atoms with E-state index in [1.165, 1.54) is 31.2 Å². The van der Waals surface area contributed by atoms with Crippen molar-refractivity contribution in [3.8, 4) is 0 Å². The van der Waals surface area contributed by atoms with Gasteiger partial charge < -0.3 is 11.1 Å². The predicted molar refractivity (Wildman–Crippen MR) is 82.4 cm³/mol. The maximum absolute atomic E-state index is 12.1. The molecule has 3 heteroatoms. The Labute approximate surface area is 121 Å². The predicted octanol–water partition coefficient (Wildman–Crippen LogP) is 2.42. The molecule has 1 amide bonds. The van der Waals surface area contributed by atoms with Gasteiger partial charge in [-0.3, -0.25) is 4.79 Å². The first-order valence-corrected chi connectivity index (χ1v) is 7.72. The summed E-state index contributed by atoms with van der Waals surface area (Å²) in [5.41, 5.74) is 8.13. The summed E-state index contributed by atoms with van der Waals surface area (Å²) in [5.74, 6) is 1.28. The third-order valence-corrected chi connectivity index (χ3v) is 4.54. The Kier molecular flexibility index (Phi) is 5.60. The highest BCUT2D eigenvalue weighted by Gasteiger charge is 2.24. The smallest absolute Gasteiger partial charge is 0.224 e. The second-order valence-corrected chi connectivity index (χ2v) is 5.95. The fourth-order valence-electron chi connectivity index (χ4n) is 3.15. The van der Waals surface area contributed by atoms with E-state index in [-0.39, 0.29) is 5.91 Å². The number of carbonyl (C=O) groups is 1. The van der Waals surface area contributed by atoms with Crippen LogP contribution in [0.3, 0.4) is 0 Å². The molecule has 2 rings (SSSR count). The van der Waals surface area contributed by atoms with Crippen LogP contribution in [0.4, 0.5) is 0 Å². The van der Waals surface area contributed by atoms with Crippen molar-refractivity contribution < 1.29 is 4.79 Å². The molecule has 2 atom stereocenters. The van der Waals surface area contributed by atoms with Crippen molar-refractivity contribution >= 4 is 5.91 Å². The highest BCUT2D eigenvalue weighted by molar-refractivity contribution is 5.78. The molecule has 1 saturated carbocycles. The van der Waals surface area contributed by atoms with Crippen LogP contribution in [0.15, 0.2) is 24.3 Å². The van der Waals surface area contributed by atoms with Crippen LogP contribution in [-0.2, 0) is 11.2 Å². The topological polar surface area (TPSA) is 55.1 Å². The van der Waals surface area contributed by atoms with E-state index in [1.807, 2.05) is 31.2 Å². The number of hydrogen-bond acceptors (Lipinski definition) is 2. The van der Waals surface area contributed by atoms with Crippen LogP contribution in [0.5, 0.6) is 0 Å². The minimum Gasteiger partial charge on any atom is -0.356 e. The lowest BCUT2D eigenvalue weighted by molar-refractivity contribution is -0.120. The Morgan fingerprint density at radius 2 is 1.95 bits per heavy atom. The van der Waals surface area contributed by atoms with Crippen molar-refractivity contribution in [3.63, 3.8) is 0 Å². The van der Waals surface area contributed by atoms with E-state index in [0.29, 0.717) is 18.3 Å². The molecule has 1 aliphatic rings. The summed E-state index contributed by atoms with van der Waals surface area (Å²) in [6.45, 7) is 3.58. The third kappa shape index (κ3) is 4.07. The Morgan fingerprint density at radius 3 is 2.65 bits per heavy atom. The van der Waals surface area contributed by atoms with Gasteiger partial charge in [-0.1, -0.05) is 37.1 Å². The maximum atomic E-state index is 12.1. The van der Waals surface area contributed by atoms with Crippen LogP contribution in [-0.4, -0.2) is 19.0 Å². The van der Waals surface area contributed by atoms with Gasteiger partial charge in [0.25, 0.3) is 0 Å². The van der Waals surface area contributed by atoms with Gasteiger partial charge in [-0.05, 0) is 49.3 Å². The standard InChI is InChI=1S/C17H26N2O/c1-13-6-2-3-7-14(13)10-17(20)19-12-16-9-5-4-8-15(16)11-18/h2-3,6-7,15-16H,4-5,8-12,18H2,1H3,(H,19,20). The van der Waals surface area contributed by atoms with E-state index < -0.39 is 0 Å². The third-order valence-electron chi connectivity index (χ3n) is 4.54. The largest absolute Gasteiger partial charge is 0.356 e. The molecule has 0 spiro atoms. The van der Waals surface area contributed by atoms with E-state index in [0.717, 1.165) is 18.7 Å². The molecule has 1 fully saturated rings. The first-order valence-electron chi connectivity index (χ1n) is 7.72. The van der Waals surface area contributed by atoms with Crippen molar-refractivity contribution in [2.45, 2.75) is 39.0 Å². The quantitative estimate of drug-likeness (QED) is 0.866. The van der Waals surface area contributed by atoms with E-state index in [1.54, 1.807) is 0 Å². The first kappa shape index (κ1) is 15.0. The molecule has 1 aliphatic carbocycles. The van der Waals surface area contributed by atoms with Crippen molar-refractivity contribution in [2.75, 3.05) is 13.1 Å². The number of rotatable bonds is 5. The average molecular weight is 274 g/mol. The zero-order chi connectivity index (χ0) is 14.4. The highest BCUT2D eigenvalue weighted by atomic mass is 16.1. The van der Waals surface area contributed by atoms with E-state index >= 15 is 0 Å². The Hall–Kier alpha value is -1.35. The molecular weight excluding hydrogens is 248 g/mol. The zero-order valence-electron chi connectivity index (χ0n) is 12.4. The summed E-state index contributed by atoms with van der Waals surface area (Å²) >= 11 is 0. The van der Waals surface area contributed by atoms with Gasteiger partial charge >= 0.3 is 0 Å². The Morgan fingerprint density at radius 1 is 1.25 bits per heavy atom. The van der Waals surface area contributed by atoms with Gasteiger partial charge in [-0.15, -0.1) is 0 Å². The summed E-state index contributed by atoms with van der Waals surface area (Å²) in [6.07, 6.45) is 5.46. The molecule has 3 nitrogen and oxygen atoms in total. The van der Waals surface area contributed by atoms with Gasteiger partial charge in [0.2, 0.25) is 5.91 Å². The van der Waals surface area contributed by atoms with Crippen molar-refractivity contribution in [2.24, 2.45) is 17.6 Å². The van der Waals surface area contributed by atoms with Crippen LogP contribution in [0.1, 0.15) is 36.8 Å². The van der Waals surface area contributed by atoms with Crippen LogP contribution < -0.4 is 11.1 Å². The van der Waals surface area contributed by atoms with Gasteiger partial charge in [0, 0.05) is 6.54 Å². The molecule has 0 bridgehead atoms. The number of hydrogen-bond donors (Lipinski definition) is 2. The average Bonchev–Trinajstić information content (AvgIpc) is 2.48. The highest BCUT2D eigenvalue weighted by Crippen LogP contribution is 2.28. The number of carbonyl (C=O) groups excluding carboxylic acids is 1. The van der Waals surface area contributed by atoms with E-state index in [2.05, 4.69) is 5.32 Å². The lowest BCUT2D eigenvalue weighted by atomic mass is 9.79. The number of nitrogens with one attached hydrogen (secondary N) is 1. The maximum Gasteiger partial charge on any atom is 0.224 e. The monoisotopic (exact) mass is 274 g/mol. The summed E-state index contributed by atoms with van der Waals surface area (Å²) < 4.78 is 0. The van der Waals surface area contributed by atoms with Crippen LogP contribution in [0.2, 0.25) is 0 Å². The SMILES string of the molecule is Cc1ccccc1CC(=O)NCC1CCCCC1CN. The van der Waals surface area contributed by atoms with Gasteiger partial charge in [0.05, 0.1) is 6.42 Å². The lowest BCUT2D eigenvalue weighted by Crippen LogP contribution is -2.37. The fourth-order valence-corrected chi connectivity index (χ4v) is 3.15. The second kappa shape index (κ2) is 7.44. The van der Waals surface area contributed by atoms with Gasteiger partial charge in [0.15, 0.2) is 0 Å². The normalized spacial score (nSPS) is 22.5. The zero-order valence-corrected chi connectivity index (χ0v) is 12.4. The molecule has 1 aromatic rings. The first-order chi connectivity index (χ1) is 9.70. The summed E-state index contributed by atoms with van der Waals surface area (Å²) in [5, 5.41) is 3.10. The van der Waals surface area contributed by atoms with Gasteiger partial charge in [-0.2, -0.15) is 0 Å². The molecule has 0 aromatic heterocycles. The van der Waals surface area contributed by atoms with Crippen LogP contribution in [0, 0.1) is 18.8 Å². The second-order valence-electron chi connectivity index (χ2n) is 5.95. The molecule has 3 N–H and O–H groups in total. The van der Waals surface area contributed by atoms with Crippen LogP contribution in [0.25, 0.3) is 0 Å². The number of amides is 1. The molecule has 110 valence electrons. The minimum atomic E-state index is 0.126. The molecule has 0 heterocycles. The van der Waals surface area contributed by atoms with Gasteiger partial charge in [0.1, 0.15) is 0 Å². The fraction of sp³-hybridized carbons (Fsp3) is 0.588. The molecule has 0 saturated heterocycles. The van der Waals surface area contributed by atoms with Crippen molar-refractivity contribution in [1.82, 2.24) is 5.32 Å². The molecule has 2 unspecified atom stereocenters. The van der Waals surface area contributed by atoms with Gasteiger partial charge in [-0.25, -0.2) is 0 Å². The molecule has 1 aromatic carbocycles. The number of aryl methyl sites for hydroxylation is 1. The van der Waals surface area contributed by atoms with Crippen LogP contribution >= 0.6 is 0 Å².